The molecule has 0 aliphatic carbocycles. The highest BCUT2D eigenvalue weighted by Crippen LogP contribution is 2.22. The summed E-state index contributed by atoms with van der Waals surface area (Å²) in [5.41, 5.74) is 0. The minimum absolute atomic E-state index is 0.131. The lowest BCUT2D eigenvalue weighted by molar-refractivity contribution is -0.127. The number of ketones is 1. The topological polar surface area (TPSA) is 65.2 Å². The maximum Gasteiger partial charge on any atom is 0.239 e. The first-order chi connectivity index (χ1) is 8.66. The minimum atomic E-state index is -0.366. The number of nitrogens with zero attached hydrogens (tertiary/aromatic N) is 2. The summed E-state index contributed by atoms with van der Waals surface area (Å²) in [4.78, 5) is 16.0. The smallest absolute Gasteiger partial charge is 0.239 e. The Morgan fingerprint density at radius 1 is 1.50 bits per heavy atom. The molecule has 1 saturated heterocycles. The highest BCUT2D eigenvalue weighted by atomic mass is 32.2. The fourth-order valence-corrected chi connectivity index (χ4v) is 2.59. The Bertz CT molecular complexity index is 406. The number of carbonyl (C=O) groups excluding carboxylic acids is 1. The molecule has 0 amide bonds. The lowest BCUT2D eigenvalue weighted by Gasteiger charge is -2.17. The maximum absolute atomic E-state index is 11.7. The van der Waals surface area contributed by atoms with Crippen LogP contribution in [0.2, 0.25) is 0 Å². The third-order valence-electron chi connectivity index (χ3n) is 2.63. The first-order valence-electron chi connectivity index (χ1n) is 6.17. The van der Waals surface area contributed by atoms with E-state index in [1.807, 2.05) is 0 Å². The van der Waals surface area contributed by atoms with Crippen LogP contribution in [0.1, 0.15) is 37.9 Å². The Morgan fingerprint density at radius 2 is 2.33 bits per heavy atom. The van der Waals surface area contributed by atoms with E-state index in [0.29, 0.717) is 37.3 Å². The van der Waals surface area contributed by atoms with E-state index in [2.05, 4.69) is 24.0 Å². The summed E-state index contributed by atoms with van der Waals surface area (Å²) in [7, 11) is 0. The van der Waals surface area contributed by atoms with E-state index in [9.17, 15) is 4.79 Å². The minimum Gasteiger partial charge on any atom is -0.380 e. The number of carbonyl (C=O) groups is 1. The van der Waals surface area contributed by atoms with Crippen molar-refractivity contribution in [2.24, 2.45) is 5.92 Å². The molecule has 2 rings (SSSR count). The summed E-state index contributed by atoms with van der Waals surface area (Å²) in [5, 5.41) is 3.91. The number of rotatable bonds is 5. The van der Waals surface area contributed by atoms with Crippen LogP contribution in [-0.2, 0) is 15.3 Å². The second kappa shape index (κ2) is 6.33. The molecule has 18 heavy (non-hydrogen) atoms. The lowest BCUT2D eigenvalue weighted by Crippen LogP contribution is -2.25. The van der Waals surface area contributed by atoms with Crippen molar-refractivity contribution < 1.29 is 14.1 Å². The lowest BCUT2D eigenvalue weighted by atomic mass is 10.0. The predicted molar refractivity (Wildman–Crippen MR) is 68.5 cm³/mol. The van der Waals surface area contributed by atoms with Crippen molar-refractivity contribution in [2.75, 3.05) is 19.0 Å². The Balaban J connectivity index is 1.90. The normalized spacial score (nSPS) is 20.6. The summed E-state index contributed by atoms with van der Waals surface area (Å²) in [6.07, 6.45) is 0.435. The first-order valence-corrected chi connectivity index (χ1v) is 7.33. The zero-order valence-corrected chi connectivity index (χ0v) is 11.5. The molecule has 0 N–H and O–H groups in total. The second-order valence-corrected chi connectivity index (χ2v) is 5.83. The molecule has 0 spiro atoms. The summed E-state index contributed by atoms with van der Waals surface area (Å²) in [5.74, 6) is 3.27. The van der Waals surface area contributed by atoms with Gasteiger partial charge >= 0.3 is 0 Å². The van der Waals surface area contributed by atoms with Crippen molar-refractivity contribution in [3.05, 3.63) is 11.7 Å². The van der Waals surface area contributed by atoms with Gasteiger partial charge < -0.3 is 9.26 Å². The van der Waals surface area contributed by atoms with Gasteiger partial charge in [-0.05, 0) is 11.7 Å². The molecule has 1 fully saturated rings. The molecule has 1 atom stereocenters. The van der Waals surface area contributed by atoms with Crippen LogP contribution in [0.25, 0.3) is 0 Å². The monoisotopic (exact) mass is 270 g/mol. The Hall–Kier alpha value is -0.880. The Morgan fingerprint density at radius 3 is 3.06 bits per heavy atom. The zero-order chi connectivity index (χ0) is 13.0. The molecule has 0 bridgehead atoms. The Labute approximate surface area is 111 Å². The van der Waals surface area contributed by atoms with Gasteiger partial charge in [0.2, 0.25) is 5.89 Å². The van der Waals surface area contributed by atoms with Crippen LogP contribution in [0, 0.1) is 5.92 Å². The standard InChI is InChI=1S/C12H18N2O3S/c1-8(2)6-18-7-11-13-12(17-14-11)9-5-16-4-3-10(9)15/h8-9H,3-7H2,1-2H3. The molecule has 1 unspecified atom stereocenters. The van der Waals surface area contributed by atoms with Crippen LogP contribution >= 0.6 is 11.8 Å². The van der Waals surface area contributed by atoms with Crippen molar-refractivity contribution in [1.82, 2.24) is 10.1 Å². The highest BCUT2D eigenvalue weighted by molar-refractivity contribution is 7.98. The van der Waals surface area contributed by atoms with Gasteiger partial charge in [0.15, 0.2) is 5.82 Å². The van der Waals surface area contributed by atoms with Gasteiger partial charge in [-0.1, -0.05) is 19.0 Å². The van der Waals surface area contributed by atoms with Crippen molar-refractivity contribution in [3.63, 3.8) is 0 Å². The molecule has 1 aromatic heterocycles. The molecular formula is C12H18N2O3S. The van der Waals surface area contributed by atoms with Crippen LogP contribution in [0.5, 0.6) is 0 Å². The number of Topliss-reactive ketones (excluding diaryl/α,β-unsaturated/α-hetero) is 1. The number of thioether (sulfide) groups is 1. The van der Waals surface area contributed by atoms with Crippen LogP contribution < -0.4 is 0 Å². The summed E-state index contributed by atoms with van der Waals surface area (Å²) in [6.45, 7) is 5.21. The molecule has 100 valence electrons. The molecule has 1 aromatic rings. The van der Waals surface area contributed by atoms with Crippen LogP contribution in [-0.4, -0.2) is 34.9 Å². The Kier molecular flexibility index (Phi) is 4.77. The van der Waals surface area contributed by atoms with Gasteiger partial charge in [-0.25, -0.2) is 0 Å². The van der Waals surface area contributed by atoms with Gasteiger partial charge in [-0.2, -0.15) is 16.7 Å². The molecule has 0 saturated carbocycles. The van der Waals surface area contributed by atoms with E-state index in [-0.39, 0.29) is 11.7 Å². The predicted octanol–water partition coefficient (Wildman–Crippen LogP) is 2.03. The quantitative estimate of drug-likeness (QED) is 0.815. The van der Waals surface area contributed by atoms with E-state index < -0.39 is 0 Å². The van der Waals surface area contributed by atoms with Crippen LogP contribution in [0.4, 0.5) is 0 Å². The molecule has 6 heteroatoms. The van der Waals surface area contributed by atoms with Crippen molar-refractivity contribution in [1.29, 1.82) is 0 Å². The number of hydrogen-bond acceptors (Lipinski definition) is 6. The molecule has 0 aromatic carbocycles. The van der Waals surface area contributed by atoms with Crippen LogP contribution in [0.15, 0.2) is 4.52 Å². The van der Waals surface area contributed by atoms with Gasteiger partial charge in [0.1, 0.15) is 11.7 Å². The van der Waals surface area contributed by atoms with E-state index in [4.69, 9.17) is 9.26 Å². The van der Waals surface area contributed by atoms with E-state index in [1.54, 1.807) is 11.8 Å². The number of ether oxygens (including phenoxy) is 1. The van der Waals surface area contributed by atoms with Gasteiger partial charge in [0, 0.05) is 6.42 Å². The van der Waals surface area contributed by atoms with Gasteiger partial charge in [0.25, 0.3) is 0 Å². The van der Waals surface area contributed by atoms with Crippen LogP contribution in [0.3, 0.4) is 0 Å². The SMILES string of the molecule is CC(C)CSCc1noc(C2COCCC2=O)n1. The average Bonchev–Trinajstić information content (AvgIpc) is 2.78. The molecule has 0 radical (unpaired) electrons. The average molecular weight is 270 g/mol. The highest BCUT2D eigenvalue weighted by Gasteiger charge is 2.29. The maximum atomic E-state index is 11.7. The van der Waals surface area contributed by atoms with Crippen molar-refractivity contribution >= 4 is 17.5 Å². The zero-order valence-electron chi connectivity index (χ0n) is 10.7. The molecule has 1 aliphatic heterocycles. The van der Waals surface area contributed by atoms with Gasteiger partial charge in [0.05, 0.1) is 19.0 Å². The van der Waals surface area contributed by atoms with Crippen molar-refractivity contribution in [2.45, 2.75) is 31.9 Å². The van der Waals surface area contributed by atoms with E-state index in [0.717, 1.165) is 11.5 Å². The number of hydrogen-bond donors (Lipinski definition) is 0. The largest absolute Gasteiger partial charge is 0.380 e. The molecule has 2 heterocycles. The number of aromatic nitrogens is 2. The van der Waals surface area contributed by atoms with E-state index in [1.165, 1.54) is 0 Å². The first kappa shape index (κ1) is 13.5. The summed E-state index contributed by atoms with van der Waals surface area (Å²) >= 11 is 1.77. The fourth-order valence-electron chi connectivity index (χ4n) is 1.70. The molecule has 5 nitrogen and oxygen atoms in total. The fraction of sp³-hybridized carbons (Fsp3) is 0.750. The third-order valence-corrected chi connectivity index (χ3v) is 3.99. The van der Waals surface area contributed by atoms with Gasteiger partial charge in [-0.3, -0.25) is 4.79 Å². The summed E-state index contributed by atoms with van der Waals surface area (Å²) < 4.78 is 10.4. The third kappa shape index (κ3) is 3.55. The molecule has 1 aliphatic rings. The van der Waals surface area contributed by atoms with Crippen molar-refractivity contribution in [3.8, 4) is 0 Å². The van der Waals surface area contributed by atoms with E-state index >= 15 is 0 Å². The van der Waals surface area contributed by atoms with Gasteiger partial charge in [-0.15, -0.1) is 0 Å². The summed E-state index contributed by atoms with van der Waals surface area (Å²) in [6, 6.07) is 0. The molecular weight excluding hydrogens is 252 g/mol. The second-order valence-electron chi connectivity index (χ2n) is 4.80.